The molecule has 33 heavy (non-hydrogen) atoms. The predicted molar refractivity (Wildman–Crippen MR) is 118 cm³/mol. The van der Waals surface area contributed by atoms with Gasteiger partial charge in [-0.1, -0.05) is 32.0 Å². The highest BCUT2D eigenvalue weighted by atomic mass is 19.4. The minimum atomic E-state index is -4.51. The van der Waals surface area contributed by atoms with Crippen molar-refractivity contribution in [3.05, 3.63) is 83.6 Å². The number of esters is 1. The van der Waals surface area contributed by atoms with E-state index in [1.54, 1.807) is 12.1 Å². The Morgan fingerprint density at radius 3 is 2.39 bits per heavy atom. The minimum absolute atomic E-state index is 0.00602. The van der Waals surface area contributed by atoms with Crippen molar-refractivity contribution in [2.75, 3.05) is 17.2 Å². The lowest BCUT2D eigenvalue weighted by Gasteiger charge is -2.13. The number of amides is 1. The van der Waals surface area contributed by atoms with Gasteiger partial charge in [0.1, 0.15) is 11.4 Å². The van der Waals surface area contributed by atoms with E-state index in [9.17, 15) is 22.8 Å². The van der Waals surface area contributed by atoms with E-state index < -0.39 is 30.2 Å². The highest BCUT2D eigenvalue weighted by Gasteiger charge is 2.30. The summed E-state index contributed by atoms with van der Waals surface area (Å²) < 4.78 is 43.9. The molecule has 0 spiro atoms. The molecule has 2 aromatic carbocycles. The molecule has 9 heteroatoms. The Kier molecular flexibility index (Phi) is 7.32. The lowest BCUT2D eigenvalue weighted by Crippen LogP contribution is -2.21. The van der Waals surface area contributed by atoms with Gasteiger partial charge in [0.05, 0.1) is 5.56 Å². The Labute approximate surface area is 188 Å². The number of aromatic nitrogens is 1. The second-order valence-corrected chi connectivity index (χ2v) is 7.50. The third-order valence-corrected chi connectivity index (χ3v) is 4.68. The molecule has 0 bridgehead atoms. The van der Waals surface area contributed by atoms with Gasteiger partial charge in [0, 0.05) is 17.6 Å². The zero-order valence-corrected chi connectivity index (χ0v) is 17.9. The first kappa shape index (κ1) is 23.8. The van der Waals surface area contributed by atoms with Crippen LogP contribution in [0.5, 0.6) is 0 Å². The number of anilines is 3. The van der Waals surface area contributed by atoms with Crippen LogP contribution in [0, 0.1) is 0 Å². The number of benzene rings is 2. The second kappa shape index (κ2) is 10.2. The summed E-state index contributed by atoms with van der Waals surface area (Å²) in [5.74, 6) is -1.01. The molecule has 0 radical (unpaired) electrons. The van der Waals surface area contributed by atoms with Crippen molar-refractivity contribution in [3.8, 4) is 0 Å². The second-order valence-electron chi connectivity index (χ2n) is 7.50. The third-order valence-electron chi connectivity index (χ3n) is 4.68. The summed E-state index contributed by atoms with van der Waals surface area (Å²) in [5.41, 5.74) is 0.917. The van der Waals surface area contributed by atoms with Crippen LogP contribution in [-0.4, -0.2) is 23.5 Å². The SMILES string of the molecule is CC(C)c1ccc(NC(=O)COC(=O)c2cccnc2Nc2cccc(C(F)(F)F)c2)cc1. The molecule has 0 saturated heterocycles. The van der Waals surface area contributed by atoms with Gasteiger partial charge in [-0.2, -0.15) is 13.2 Å². The number of carbonyl (C=O) groups excluding carboxylic acids is 2. The molecule has 0 aliphatic heterocycles. The van der Waals surface area contributed by atoms with E-state index >= 15 is 0 Å². The summed E-state index contributed by atoms with van der Waals surface area (Å²) in [7, 11) is 0. The highest BCUT2D eigenvalue weighted by molar-refractivity contribution is 5.98. The van der Waals surface area contributed by atoms with Crippen molar-refractivity contribution in [1.82, 2.24) is 4.98 Å². The molecule has 1 heterocycles. The molecule has 3 aromatic rings. The van der Waals surface area contributed by atoms with Gasteiger partial charge in [0.15, 0.2) is 6.61 Å². The van der Waals surface area contributed by atoms with Gasteiger partial charge in [-0.25, -0.2) is 9.78 Å². The molecular weight excluding hydrogens is 435 g/mol. The quantitative estimate of drug-likeness (QED) is 0.441. The minimum Gasteiger partial charge on any atom is -0.452 e. The smallest absolute Gasteiger partial charge is 0.416 e. The molecule has 1 amide bonds. The number of ether oxygens (including phenoxy) is 1. The van der Waals surface area contributed by atoms with Crippen LogP contribution in [0.1, 0.15) is 41.3 Å². The molecule has 0 atom stereocenters. The van der Waals surface area contributed by atoms with Crippen LogP contribution < -0.4 is 10.6 Å². The first-order valence-electron chi connectivity index (χ1n) is 10.1. The molecular formula is C24H22F3N3O3. The topological polar surface area (TPSA) is 80.3 Å². The largest absolute Gasteiger partial charge is 0.452 e. The van der Waals surface area contributed by atoms with Gasteiger partial charge in [-0.15, -0.1) is 0 Å². The van der Waals surface area contributed by atoms with E-state index in [1.807, 2.05) is 12.1 Å². The Balaban J connectivity index is 1.63. The van der Waals surface area contributed by atoms with E-state index in [0.717, 1.165) is 17.7 Å². The van der Waals surface area contributed by atoms with Gasteiger partial charge in [-0.05, 0) is 53.9 Å². The number of pyridine rings is 1. The maximum atomic E-state index is 12.9. The number of nitrogens with one attached hydrogen (secondary N) is 2. The summed E-state index contributed by atoms with van der Waals surface area (Å²) in [5, 5.41) is 5.33. The van der Waals surface area contributed by atoms with E-state index in [0.29, 0.717) is 11.6 Å². The molecule has 172 valence electrons. The fraction of sp³-hybridized carbons (Fsp3) is 0.208. The van der Waals surface area contributed by atoms with Crippen LogP contribution in [-0.2, 0) is 15.7 Å². The van der Waals surface area contributed by atoms with Crippen molar-refractivity contribution < 1.29 is 27.5 Å². The van der Waals surface area contributed by atoms with Gasteiger partial charge in [-0.3, -0.25) is 4.79 Å². The Morgan fingerprint density at radius 1 is 1.00 bits per heavy atom. The van der Waals surface area contributed by atoms with Crippen LogP contribution in [0.15, 0.2) is 66.9 Å². The fourth-order valence-electron chi connectivity index (χ4n) is 2.94. The molecule has 2 N–H and O–H groups in total. The summed E-state index contributed by atoms with van der Waals surface area (Å²) in [6.07, 6.45) is -3.13. The van der Waals surface area contributed by atoms with Gasteiger partial charge in [0.2, 0.25) is 0 Å². The van der Waals surface area contributed by atoms with Crippen LogP contribution in [0.3, 0.4) is 0 Å². The summed E-state index contributed by atoms with van der Waals surface area (Å²) in [6.45, 7) is 3.58. The normalized spacial score (nSPS) is 11.2. The fourth-order valence-corrected chi connectivity index (χ4v) is 2.94. The Hall–Kier alpha value is -3.88. The van der Waals surface area contributed by atoms with Crippen LogP contribution in [0.4, 0.5) is 30.4 Å². The van der Waals surface area contributed by atoms with E-state index in [4.69, 9.17) is 4.74 Å². The molecule has 0 saturated carbocycles. The monoisotopic (exact) mass is 457 g/mol. The van der Waals surface area contributed by atoms with Crippen molar-refractivity contribution in [2.45, 2.75) is 25.9 Å². The molecule has 0 aliphatic carbocycles. The van der Waals surface area contributed by atoms with E-state index in [2.05, 4.69) is 29.5 Å². The molecule has 3 rings (SSSR count). The standard InChI is InChI=1S/C24H22F3N3O3/c1-15(2)16-8-10-18(11-9-16)29-21(31)14-33-23(32)20-7-4-12-28-22(20)30-19-6-3-5-17(13-19)24(25,26)27/h3-13,15H,14H2,1-2H3,(H,28,30)(H,29,31). The van der Waals surface area contributed by atoms with Gasteiger partial charge < -0.3 is 15.4 Å². The van der Waals surface area contributed by atoms with Crippen molar-refractivity contribution in [2.24, 2.45) is 0 Å². The summed E-state index contributed by atoms with van der Waals surface area (Å²) in [4.78, 5) is 28.7. The Bertz CT molecular complexity index is 1130. The molecule has 0 unspecified atom stereocenters. The molecule has 0 aliphatic rings. The molecule has 6 nitrogen and oxygen atoms in total. The lowest BCUT2D eigenvalue weighted by atomic mass is 10.0. The number of nitrogens with zero attached hydrogens (tertiary/aromatic N) is 1. The zero-order chi connectivity index (χ0) is 24.0. The van der Waals surface area contributed by atoms with E-state index in [1.165, 1.54) is 30.5 Å². The number of alkyl halides is 3. The molecule has 1 aromatic heterocycles. The maximum Gasteiger partial charge on any atom is 0.416 e. The number of hydrogen-bond acceptors (Lipinski definition) is 5. The van der Waals surface area contributed by atoms with Crippen LogP contribution in [0.2, 0.25) is 0 Å². The first-order valence-corrected chi connectivity index (χ1v) is 10.1. The van der Waals surface area contributed by atoms with Crippen molar-refractivity contribution in [1.29, 1.82) is 0 Å². The summed E-state index contributed by atoms with van der Waals surface area (Å²) in [6, 6.07) is 14.7. The average molecular weight is 457 g/mol. The van der Waals surface area contributed by atoms with Gasteiger partial charge in [0.25, 0.3) is 5.91 Å². The highest BCUT2D eigenvalue weighted by Crippen LogP contribution is 2.31. The number of carbonyl (C=O) groups is 2. The van der Waals surface area contributed by atoms with Crippen molar-refractivity contribution in [3.63, 3.8) is 0 Å². The lowest BCUT2D eigenvalue weighted by molar-refractivity contribution is -0.137. The average Bonchev–Trinajstić information content (AvgIpc) is 2.78. The Morgan fingerprint density at radius 2 is 1.73 bits per heavy atom. The van der Waals surface area contributed by atoms with Crippen LogP contribution >= 0.6 is 0 Å². The predicted octanol–water partition coefficient (Wildman–Crippen LogP) is 5.76. The van der Waals surface area contributed by atoms with E-state index in [-0.39, 0.29) is 17.1 Å². The zero-order valence-electron chi connectivity index (χ0n) is 17.9. The third kappa shape index (κ3) is 6.55. The number of halogens is 3. The number of hydrogen-bond donors (Lipinski definition) is 2. The number of rotatable bonds is 7. The summed E-state index contributed by atoms with van der Waals surface area (Å²) >= 11 is 0. The molecule has 0 fully saturated rings. The van der Waals surface area contributed by atoms with Gasteiger partial charge >= 0.3 is 12.1 Å². The first-order chi connectivity index (χ1) is 15.6. The van der Waals surface area contributed by atoms with Crippen LogP contribution in [0.25, 0.3) is 0 Å². The van der Waals surface area contributed by atoms with Crippen molar-refractivity contribution >= 4 is 29.1 Å². The maximum absolute atomic E-state index is 12.9.